The SMILES string of the molecule is Cc1cc(C)nc(NCCCC(=O)N2CCC(C(N)=O)CC2)n1. The number of nitrogens with zero attached hydrogens (tertiary/aromatic N) is 3. The van der Waals surface area contributed by atoms with Crippen LogP contribution in [0, 0.1) is 19.8 Å². The van der Waals surface area contributed by atoms with E-state index >= 15 is 0 Å². The van der Waals surface area contributed by atoms with E-state index in [4.69, 9.17) is 5.73 Å². The number of aryl methyl sites for hydroxylation is 2. The van der Waals surface area contributed by atoms with Crippen LogP contribution in [0.4, 0.5) is 5.95 Å². The number of hydrogen-bond donors (Lipinski definition) is 2. The van der Waals surface area contributed by atoms with Crippen molar-refractivity contribution in [1.82, 2.24) is 14.9 Å². The number of primary amides is 1. The van der Waals surface area contributed by atoms with Crippen LogP contribution >= 0.6 is 0 Å². The van der Waals surface area contributed by atoms with Crippen molar-refractivity contribution in [3.05, 3.63) is 17.5 Å². The van der Waals surface area contributed by atoms with Crippen LogP contribution in [0.3, 0.4) is 0 Å². The van der Waals surface area contributed by atoms with Gasteiger partial charge in [-0.25, -0.2) is 9.97 Å². The van der Waals surface area contributed by atoms with Gasteiger partial charge in [0.2, 0.25) is 17.8 Å². The molecule has 0 bridgehead atoms. The van der Waals surface area contributed by atoms with Gasteiger partial charge in [0, 0.05) is 43.4 Å². The molecule has 1 fully saturated rings. The van der Waals surface area contributed by atoms with Crippen molar-refractivity contribution >= 4 is 17.8 Å². The van der Waals surface area contributed by atoms with Crippen LogP contribution in [0.2, 0.25) is 0 Å². The maximum absolute atomic E-state index is 12.1. The summed E-state index contributed by atoms with van der Waals surface area (Å²) in [6.45, 7) is 5.77. The van der Waals surface area contributed by atoms with Gasteiger partial charge in [-0.1, -0.05) is 0 Å². The van der Waals surface area contributed by atoms with E-state index in [-0.39, 0.29) is 17.7 Å². The number of hydrogen-bond acceptors (Lipinski definition) is 5. The van der Waals surface area contributed by atoms with E-state index in [0.717, 1.165) is 17.8 Å². The summed E-state index contributed by atoms with van der Waals surface area (Å²) in [5.41, 5.74) is 7.15. The van der Waals surface area contributed by atoms with Crippen molar-refractivity contribution in [3.8, 4) is 0 Å². The van der Waals surface area contributed by atoms with Crippen molar-refractivity contribution in [2.24, 2.45) is 11.7 Å². The Morgan fingerprint density at radius 1 is 1.26 bits per heavy atom. The van der Waals surface area contributed by atoms with Gasteiger partial charge in [0.15, 0.2) is 0 Å². The van der Waals surface area contributed by atoms with Gasteiger partial charge in [-0.3, -0.25) is 9.59 Å². The second kappa shape index (κ2) is 7.89. The molecule has 0 aromatic carbocycles. The van der Waals surface area contributed by atoms with E-state index in [9.17, 15) is 9.59 Å². The second-order valence-electron chi connectivity index (χ2n) is 6.06. The fourth-order valence-corrected chi connectivity index (χ4v) is 2.82. The van der Waals surface area contributed by atoms with Crippen LogP contribution in [0.5, 0.6) is 0 Å². The number of anilines is 1. The highest BCUT2D eigenvalue weighted by atomic mass is 16.2. The molecule has 1 aliphatic rings. The predicted molar refractivity (Wildman–Crippen MR) is 87.7 cm³/mol. The molecular weight excluding hydrogens is 294 g/mol. The Morgan fingerprint density at radius 2 is 1.87 bits per heavy atom. The Kier molecular flexibility index (Phi) is 5.90. The average Bonchev–Trinajstić information content (AvgIpc) is 2.50. The first-order valence-electron chi connectivity index (χ1n) is 8.09. The zero-order valence-electron chi connectivity index (χ0n) is 13.8. The molecule has 0 radical (unpaired) electrons. The van der Waals surface area contributed by atoms with Gasteiger partial charge in [0.05, 0.1) is 0 Å². The van der Waals surface area contributed by atoms with E-state index < -0.39 is 0 Å². The number of piperidine rings is 1. The highest BCUT2D eigenvalue weighted by molar-refractivity contribution is 5.78. The van der Waals surface area contributed by atoms with Crippen LogP contribution in [0.15, 0.2) is 6.07 Å². The lowest BCUT2D eigenvalue weighted by molar-refractivity contribution is -0.134. The van der Waals surface area contributed by atoms with E-state index in [1.54, 1.807) is 0 Å². The molecule has 1 aromatic rings. The number of aromatic nitrogens is 2. The number of rotatable bonds is 6. The molecule has 1 aliphatic heterocycles. The summed E-state index contributed by atoms with van der Waals surface area (Å²) in [6.07, 6.45) is 2.56. The van der Waals surface area contributed by atoms with Gasteiger partial charge in [-0.05, 0) is 39.2 Å². The fraction of sp³-hybridized carbons (Fsp3) is 0.625. The predicted octanol–water partition coefficient (Wildman–Crippen LogP) is 1.01. The molecule has 0 spiro atoms. The quantitative estimate of drug-likeness (QED) is 0.762. The first-order chi connectivity index (χ1) is 11.0. The monoisotopic (exact) mass is 319 g/mol. The molecular formula is C16H25N5O2. The molecule has 1 aromatic heterocycles. The van der Waals surface area contributed by atoms with Gasteiger partial charge in [0.1, 0.15) is 0 Å². The third-order valence-corrected chi connectivity index (χ3v) is 4.08. The van der Waals surface area contributed by atoms with Crippen molar-refractivity contribution in [2.75, 3.05) is 25.0 Å². The second-order valence-corrected chi connectivity index (χ2v) is 6.06. The lowest BCUT2D eigenvalue weighted by Crippen LogP contribution is -2.41. The van der Waals surface area contributed by atoms with E-state index in [0.29, 0.717) is 44.8 Å². The zero-order valence-corrected chi connectivity index (χ0v) is 13.8. The minimum atomic E-state index is -0.255. The third kappa shape index (κ3) is 5.19. The van der Waals surface area contributed by atoms with Crippen LogP contribution in [0.1, 0.15) is 37.1 Å². The summed E-state index contributed by atoms with van der Waals surface area (Å²) < 4.78 is 0. The minimum Gasteiger partial charge on any atom is -0.369 e. The molecule has 1 saturated heterocycles. The molecule has 3 N–H and O–H groups in total. The number of likely N-dealkylation sites (tertiary alicyclic amines) is 1. The molecule has 0 unspecified atom stereocenters. The van der Waals surface area contributed by atoms with Crippen molar-refractivity contribution in [3.63, 3.8) is 0 Å². The van der Waals surface area contributed by atoms with E-state index in [2.05, 4.69) is 15.3 Å². The Bertz CT molecular complexity index is 547. The molecule has 7 nitrogen and oxygen atoms in total. The van der Waals surface area contributed by atoms with Crippen molar-refractivity contribution in [2.45, 2.75) is 39.5 Å². The van der Waals surface area contributed by atoms with Gasteiger partial charge in [-0.2, -0.15) is 0 Å². The number of amides is 2. The maximum Gasteiger partial charge on any atom is 0.223 e. The lowest BCUT2D eigenvalue weighted by atomic mass is 9.96. The van der Waals surface area contributed by atoms with Gasteiger partial charge in [0.25, 0.3) is 0 Å². The Labute approximate surface area is 136 Å². The highest BCUT2D eigenvalue weighted by Crippen LogP contribution is 2.17. The summed E-state index contributed by atoms with van der Waals surface area (Å²) in [6, 6.07) is 1.92. The largest absolute Gasteiger partial charge is 0.369 e. The van der Waals surface area contributed by atoms with Crippen LogP contribution in [0.25, 0.3) is 0 Å². The first-order valence-corrected chi connectivity index (χ1v) is 8.09. The summed E-state index contributed by atoms with van der Waals surface area (Å²) in [5.74, 6) is 0.408. The molecule has 0 atom stereocenters. The normalized spacial score (nSPS) is 15.5. The molecule has 2 heterocycles. The maximum atomic E-state index is 12.1. The topological polar surface area (TPSA) is 101 Å². The summed E-state index contributed by atoms with van der Waals surface area (Å²) in [7, 11) is 0. The molecule has 2 amide bonds. The van der Waals surface area contributed by atoms with Gasteiger partial charge < -0.3 is 16.0 Å². The average molecular weight is 319 g/mol. The molecule has 7 heteroatoms. The summed E-state index contributed by atoms with van der Waals surface area (Å²) >= 11 is 0. The van der Waals surface area contributed by atoms with Crippen molar-refractivity contribution < 1.29 is 9.59 Å². The van der Waals surface area contributed by atoms with Crippen LogP contribution in [-0.2, 0) is 9.59 Å². The van der Waals surface area contributed by atoms with Crippen LogP contribution in [-0.4, -0.2) is 46.3 Å². The van der Waals surface area contributed by atoms with Gasteiger partial charge in [-0.15, -0.1) is 0 Å². The third-order valence-electron chi connectivity index (χ3n) is 4.08. The summed E-state index contributed by atoms with van der Waals surface area (Å²) in [5, 5.41) is 3.15. The van der Waals surface area contributed by atoms with Crippen molar-refractivity contribution in [1.29, 1.82) is 0 Å². The molecule has 0 aliphatic carbocycles. The van der Waals surface area contributed by atoms with E-state index in [1.165, 1.54) is 0 Å². The number of nitrogens with two attached hydrogens (primary N) is 1. The molecule has 23 heavy (non-hydrogen) atoms. The van der Waals surface area contributed by atoms with E-state index in [1.807, 2.05) is 24.8 Å². The van der Waals surface area contributed by atoms with Crippen LogP contribution < -0.4 is 11.1 Å². The fourth-order valence-electron chi connectivity index (χ4n) is 2.82. The van der Waals surface area contributed by atoms with Gasteiger partial charge >= 0.3 is 0 Å². The number of nitrogens with one attached hydrogen (secondary N) is 1. The zero-order chi connectivity index (χ0) is 16.8. The Hall–Kier alpha value is -2.18. The Balaban J connectivity index is 1.68. The highest BCUT2D eigenvalue weighted by Gasteiger charge is 2.25. The number of carbonyl (C=O) groups excluding carboxylic acids is 2. The minimum absolute atomic E-state index is 0.0811. The first kappa shape index (κ1) is 17.2. The standard InChI is InChI=1S/C16H25N5O2/c1-11-10-12(2)20-16(19-11)18-7-3-4-14(22)21-8-5-13(6-9-21)15(17)23/h10,13H,3-9H2,1-2H3,(H2,17,23)(H,18,19,20). The number of carbonyl (C=O) groups is 2. The molecule has 0 saturated carbocycles. The molecule has 126 valence electrons. The smallest absolute Gasteiger partial charge is 0.223 e. The lowest BCUT2D eigenvalue weighted by Gasteiger charge is -2.30. The Morgan fingerprint density at radius 3 is 2.43 bits per heavy atom. The molecule has 2 rings (SSSR count). The summed E-state index contributed by atoms with van der Waals surface area (Å²) in [4.78, 5) is 33.7.